The topological polar surface area (TPSA) is 16.8 Å². The maximum atomic E-state index is 4.71. The molecule has 3 aromatic rings. The van der Waals surface area contributed by atoms with Crippen LogP contribution in [0.4, 0.5) is 0 Å². The molecule has 1 fully saturated rings. The van der Waals surface area contributed by atoms with Crippen LogP contribution in [0.1, 0.15) is 48.3 Å². The van der Waals surface area contributed by atoms with Gasteiger partial charge in [-0.15, -0.1) is 0 Å². The van der Waals surface area contributed by atoms with Crippen molar-refractivity contribution < 1.29 is 4.57 Å². The van der Waals surface area contributed by atoms with Gasteiger partial charge in [0.1, 0.15) is 5.69 Å². The summed E-state index contributed by atoms with van der Waals surface area (Å²) in [5, 5.41) is 1.25. The Labute approximate surface area is 144 Å². The van der Waals surface area contributed by atoms with Crippen molar-refractivity contribution in [3.8, 4) is 11.3 Å². The third-order valence-corrected chi connectivity index (χ3v) is 5.47. The minimum absolute atomic E-state index is 0.731. The molecule has 4 rings (SSSR count). The minimum atomic E-state index is 0.731. The molecular weight excluding hydrogens is 292 g/mol. The van der Waals surface area contributed by atoms with Gasteiger partial charge in [-0.05, 0) is 66.9 Å². The first-order valence-electron chi connectivity index (χ1n) is 8.99. The average molecular weight is 317 g/mol. The van der Waals surface area contributed by atoms with Crippen LogP contribution in [-0.4, -0.2) is 4.98 Å². The van der Waals surface area contributed by atoms with Crippen molar-refractivity contribution in [3.05, 3.63) is 59.4 Å². The number of hydrogen-bond donors (Lipinski definition) is 0. The second-order valence-corrected chi connectivity index (χ2v) is 7.28. The van der Waals surface area contributed by atoms with Crippen LogP contribution in [0, 0.1) is 13.8 Å². The zero-order valence-corrected chi connectivity index (χ0v) is 14.8. The zero-order chi connectivity index (χ0) is 16.7. The highest BCUT2D eigenvalue weighted by Gasteiger charge is 2.21. The van der Waals surface area contributed by atoms with E-state index >= 15 is 0 Å². The Hall–Kier alpha value is -2.22. The predicted molar refractivity (Wildman–Crippen MR) is 99.0 cm³/mol. The fourth-order valence-corrected chi connectivity index (χ4v) is 4.09. The molecular formula is C22H25N2+. The maximum Gasteiger partial charge on any atom is 0.287 e. The van der Waals surface area contributed by atoms with Gasteiger partial charge in [0.2, 0.25) is 0 Å². The van der Waals surface area contributed by atoms with Crippen molar-refractivity contribution in [2.75, 3.05) is 0 Å². The lowest BCUT2D eigenvalue weighted by Gasteiger charge is -2.12. The first kappa shape index (κ1) is 15.3. The Morgan fingerprint density at radius 1 is 1.00 bits per heavy atom. The third kappa shape index (κ3) is 2.60. The Balaban J connectivity index is 1.91. The van der Waals surface area contributed by atoms with E-state index in [0.29, 0.717) is 0 Å². The Bertz CT molecular complexity index is 905. The second kappa shape index (κ2) is 6.01. The van der Waals surface area contributed by atoms with Crippen LogP contribution in [0.2, 0.25) is 0 Å². The molecule has 0 aliphatic heterocycles. The van der Waals surface area contributed by atoms with Crippen molar-refractivity contribution in [2.45, 2.75) is 45.4 Å². The first-order chi connectivity index (χ1) is 11.6. The van der Waals surface area contributed by atoms with E-state index in [1.807, 2.05) is 6.33 Å². The molecule has 2 nitrogen and oxygen atoms in total. The number of hydrogen-bond acceptors (Lipinski definition) is 1. The van der Waals surface area contributed by atoms with E-state index in [-0.39, 0.29) is 0 Å². The molecule has 1 heterocycles. The predicted octanol–water partition coefficient (Wildman–Crippen LogP) is 5.00. The van der Waals surface area contributed by atoms with Crippen LogP contribution in [-0.2, 0) is 7.05 Å². The van der Waals surface area contributed by atoms with Gasteiger partial charge in [0.15, 0.2) is 5.52 Å². The quantitative estimate of drug-likeness (QED) is 0.608. The van der Waals surface area contributed by atoms with E-state index in [1.165, 1.54) is 59.0 Å². The van der Waals surface area contributed by atoms with Gasteiger partial charge in [-0.25, -0.2) is 4.57 Å². The van der Waals surface area contributed by atoms with Crippen molar-refractivity contribution in [1.82, 2.24) is 4.98 Å². The molecule has 1 saturated carbocycles. The van der Waals surface area contributed by atoms with Crippen LogP contribution in [0.15, 0.2) is 42.7 Å². The molecule has 0 atom stereocenters. The fraction of sp³-hybridized carbons (Fsp3) is 0.364. The lowest BCUT2D eigenvalue weighted by atomic mass is 9.94. The molecule has 1 aromatic heterocycles. The number of rotatable bonds is 2. The molecule has 122 valence electrons. The standard InChI is InChI=1S/C22H25N2/c1-15-8-9-16(2)20(12-15)22-19-11-10-18(17-6-4-5-7-17)13-21(19)23-14-24(22)3/h8-14,17H,4-7H2,1-3H3/q+1. The van der Waals surface area contributed by atoms with Gasteiger partial charge in [0.05, 0.1) is 12.4 Å². The first-order valence-corrected chi connectivity index (χ1v) is 8.99. The van der Waals surface area contributed by atoms with Gasteiger partial charge in [-0.1, -0.05) is 36.6 Å². The van der Waals surface area contributed by atoms with E-state index in [1.54, 1.807) is 0 Å². The van der Waals surface area contributed by atoms with Crippen molar-refractivity contribution >= 4 is 10.9 Å². The Morgan fingerprint density at radius 2 is 1.79 bits per heavy atom. The SMILES string of the molecule is Cc1ccc(C)c(-c2c3ccc(C4CCCC4)cc3nc[n+]2C)c1. The summed E-state index contributed by atoms with van der Waals surface area (Å²) in [5.41, 5.74) is 7.76. The Morgan fingerprint density at radius 3 is 2.58 bits per heavy atom. The van der Waals surface area contributed by atoms with Gasteiger partial charge >= 0.3 is 0 Å². The van der Waals surface area contributed by atoms with Crippen LogP contribution in [0.5, 0.6) is 0 Å². The molecule has 0 radical (unpaired) electrons. The summed E-state index contributed by atoms with van der Waals surface area (Å²) in [4.78, 5) is 4.71. The summed E-state index contributed by atoms with van der Waals surface area (Å²) < 4.78 is 2.15. The lowest BCUT2D eigenvalue weighted by molar-refractivity contribution is -0.662. The van der Waals surface area contributed by atoms with Crippen LogP contribution < -0.4 is 4.57 Å². The monoisotopic (exact) mass is 317 g/mol. The van der Waals surface area contributed by atoms with Gasteiger partial charge in [0, 0.05) is 5.56 Å². The zero-order valence-electron chi connectivity index (χ0n) is 14.8. The molecule has 0 bridgehead atoms. The number of nitrogens with zero attached hydrogens (tertiary/aromatic N) is 2. The van der Waals surface area contributed by atoms with E-state index in [2.05, 4.69) is 61.9 Å². The summed E-state index contributed by atoms with van der Waals surface area (Å²) >= 11 is 0. The van der Waals surface area contributed by atoms with Gasteiger partial charge in [-0.2, -0.15) is 0 Å². The summed E-state index contributed by atoms with van der Waals surface area (Å²) in [6.07, 6.45) is 7.35. The summed E-state index contributed by atoms with van der Waals surface area (Å²) in [5.74, 6) is 0.731. The summed E-state index contributed by atoms with van der Waals surface area (Å²) in [6, 6.07) is 13.6. The van der Waals surface area contributed by atoms with Crippen LogP contribution in [0.3, 0.4) is 0 Å². The molecule has 24 heavy (non-hydrogen) atoms. The maximum absolute atomic E-state index is 4.71. The number of benzene rings is 2. The molecule has 2 aromatic carbocycles. The van der Waals surface area contributed by atoms with E-state index in [9.17, 15) is 0 Å². The van der Waals surface area contributed by atoms with Gasteiger partial charge < -0.3 is 0 Å². The third-order valence-electron chi connectivity index (χ3n) is 5.47. The molecule has 0 N–H and O–H groups in total. The molecule has 0 saturated heterocycles. The van der Waals surface area contributed by atoms with E-state index in [0.717, 1.165) is 11.4 Å². The average Bonchev–Trinajstić information content (AvgIpc) is 3.11. The smallest absolute Gasteiger partial charge is 0.232 e. The van der Waals surface area contributed by atoms with E-state index < -0.39 is 0 Å². The minimum Gasteiger partial charge on any atom is -0.232 e. The van der Waals surface area contributed by atoms with Gasteiger partial charge in [-0.3, -0.25) is 0 Å². The van der Waals surface area contributed by atoms with Crippen molar-refractivity contribution in [2.24, 2.45) is 7.05 Å². The summed E-state index contributed by atoms with van der Waals surface area (Å²) in [6.45, 7) is 4.35. The van der Waals surface area contributed by atoms with Crippen molar-refractivity contribution in [3.63, 3.8) is 0 Å². The van der Waals surface area contributed by atoms with E-state index in [4.69, 9.17) is 4.98 Å². The molecule has 2 heteroatoms. The number of aryl methyl sites for hydroxylation is 3. The normalized spacial score (nSPS) is 15.3. The molecule has 0 spiro atoms. The highest BCUT2D eigenvalue weighted by atomic mass is 15.0. The Kier molecular flexibility index (Phi) is 3.84. The fourth-order valence-electron chi connectivity index (χ4n) is 4.09. The largest absolute Gasteiger partial charge is 0.287 e. The van der Waals surface area contributed by atoms with Crippen LogP contribution >= 0.6 is 0 Å². The number of fused-ring (bicyclic) bond motifs is 1. The highest BCUT2D eigenvalue weighted by molar-refractivity contribution is 5.91. The molecule has 0 amide bonds. The van der Waals surface area contributed by atoms with Gasteiger partial charge in [0.25, 0.3) is 6.33 Å². The summed E-state index contributed by atoms with van der Waals surface area (Å²) in [7, 11) is 2.09. The molecule has 1 aliphatic rings. The lowest BCUT2D eigenvalue weighted by Crippen LogP contribution is -2.31. The molecule has 1 aliphatic carbocycles. The molecule has 0 unspecified atom stereocenters. The van der Waals surface area contributed by atoms with Crippen LogP contribution in [0.25, 0.3) is 22.2 Å². The van der Waals surface area contributed by atoms with Crippen molar-refractivity contribution in [1.29, 1.82) is 0 Å². The highest BCUT2D eigenvalue weighted by Crippen LogP contribution is 2.36. The second-order valence-electron chi connectivity index (χ2n) is 7.28. The number of aromatic nitrogens is 2.